The zero-order valence-corrected chi connectivity index (χ0v) is 19.1. The molecule has 198 valence electrons. The Morgan fingerprint density at radius 2 is 1.08 bits per heavy atom. The highest BCUT2D eigenvalue weighted by Crippen LogP contribution is 2.11. The molecule has 4 N–H and O–H groups in total. The molecule has 0 amide bonds. The van der Waals surface area contributed by atoms with Crippen LogP contribution in [0, 0.1) is 0 Å². The Morgan fingerprint density at radius 3 is 1.35 bits per heavy atom. The van der Waals surface area contributed by atoms with Crippen LogP contribution >= 0.6 is 0 Å². The second-order valence-electron chi connectivity index (χ2n) is 6.90. The molecule has 0 spiro atoms. The number of rotatable bonds is 4. The first-order valence-electron chi connectivity index (χ1n) is 10.0. The van der Waals surface area contributed by atoms with Crippen LogP contribution in [0.2, 0.25) is 0 Å². The van der Waals surface area contributed by atoms with Gasteiger partial charge >= 0.3 is 18.1 Å². The van der Waals surface area contributed by atoms with Gasteiger partial charge in [0.05, 0.1) is 0 Å². The number of carboxylic acid groups (broad SMARTS) is 4. The number of alkyl halides is 3. The van der Waals surface area contributed by atoms with Crippen LogP contribution in [0.4, 0.5) is 13.2 Å². The van der Waals surface area contributed by atoms with Crippen molar-refractivity contribution >= 4 is 45.9 Å². The summed E-state index contributed by atoms with van der Waals surface area (Å²) in [6.45, 7) is 0.952. The van der Waals surface area contributed by atoms with Crippen molar-refractivity contribution in [2.45, 2.75) is 26.2 Å². The van der Waals surface area contributed by atoms with Crippen molar-refractivity contribution in [3.63, 3.8) is 0 Å². The van der Waals surface area contributed by atoms with E-state index in [1.165, 1.54) is 0 Å². The number of carbonyl (C=O) groups excluding carboxylic acids is 2. The molecule has 0 unspecified atom stereocenters. The fourth-order valence-corrected chi connectivity index (χ4v) is 2.68. The van der Waals surface area contributed by atoms with Gasteiger partial charge in [0.1, 0.15) is 5.97 Å². The lowest BCUT2D eigenvalue weighted by Crippen LogP contribution is -2.37. The second kappa shape index (κ2) is 13.8. The number of benzene rings is 2. The highest BCUT2D eigenvalue weighted by molar-refractivity contribution is 5.72. The number of H-pyrrole nitrogens is 2. The molecule has 0 atom stereocenters. The maximum Gasteiger partial charge on any atom is 0.430 e. The fourth-order valence-electron chi connectivity index (χ4n) is 2.68. The largest absolute Gasteiger partial charge is 0.550 e. The molecule has 0 aliphatic carbocycles. The summed E-state index contributed by atoms with van der Waals surface area (Å²) in [6.07, 6.45) is -1.86. The highest BCUT2D eigenvalue weighted by atomic mass is 19.4. The fraction of sp³-hybridized carbons (Fsp3) is 0.182. The topological polar surface area (TPSA) is 194 Å². The normalized spacial score (nSPS) is 10.2. The molecule has 0 radical (unpaired) electrons. The predicted molar refractivity (Wildman–Crippen MR) is 114 cm³/mol. The first-order chi connectivity index (χ1) is 17.2. The summed E-state index contributed by atoms with van der Waals surface area (Å²) in [5.41, 5.74) is 3.71. The van der Waals surface area contributed by atoms with Gasteiger partial charge < -0.3 is 30.0 Å². The van der Waals surface area contributed by atoms with Gasteiger partial charge in [-0.2, -0.15) is 13.2 Å². The summed E-state index contributed by atoms with van der Waals surface area (Å²) in [5, 5.41) is 34.9. The van der Waals surface area contributed by atoms with E-state index in [1.54, 1.807) is 21.8 Å². The number of para-hydroxylation sites is 4. The Hall–Kier alpha value is -4.95. The minimum atomic E-state index is -5.19. The summed E-state index contributed by atoms with van der Waals surface area (Å²) in [7, 11) is 0. The number of halogens is 3. The van der Waals surface area contributed by atoms with E-state index >= 15 is 0 Å². The molecule has 0 bridgehead atoms. The minimum absolute atomic E-state index is 0.00991. The second-order valence-corrected chi connectivity index (χ2v) is 6.90. The van der Waals surface area contributed by atoms with Gasteiger partial charge in [-0.05, 0) is 31.2 Å². The number of aliphatic carboxylic acids is 4. The maximum absolute atomic E-state index is 10.5. The third-order valence-electron chi connectivity index (χ3n) is 4.02. The van der Waals surface area contributed by atoms with Crippen LogP contribution in [-0.2, 0) is 32.3 Å². The van der Waals surface area contributed by atoms with Crippen molar-refractivity contribution < 1.29 is 61.9 Å². The Bertz CT molecular complexity index is 1270. The monoisotopic (exact) mass is 526 g/mol. The maximum atomic E-state index is 10.5. The number of nitrogens with zero attached hydrogens (tertiary/aromatic N) is 2. The van der Waals surface area contributed by atoms with E-state index in [1.807, 2.05) is 48.5 Å². The van der Waals surface area contributed by atoms with Crippen LogP contribution in [0.3, 0.4) is 0 Å². The molecule has 2 heterocycles. The molecular formula is C22H21F3N4O8. The van der Waals surface area contributed by atoms with E-state index in [4.69, 9.17) is 30.0 Å². The van der Waals surface area contributed by atoms with Gasteiger partial charge in [0.25, 0.3) is 0 Å². The van der Waals surface area contributed by atoms with E-state index in [0.717, 1.165) is 29.0 Å². The van der Waals surface area contributed by atoms with E-state index in [9.17, 15) is 22.8 Å². The Kier molecular flexibility index (Phi) is 11.2. The number of imidazole rings is 2. The van der Waals surface area contributed by atoms with Crippen molar-refractivity contribution in [1.29, 1.82) is 0 Å². The average Bonchev–Trinajstić information content (AvgIpc) is 3.37. The number of aromatic nitrogens is 4. The molecule has 12 nitrogen and oxygen atoms in total. The predicted octanol–water partition coefficient (Wildman–Crippen LogP) is -0.865. The van der Waals surface area contributed by atoms with Crippen molar-refractivity contribution in [2.75, 3.05) is 0 Å². The number of carboxylic acids is 4. The summed E-state index contributed by atoms with van der Waals surface area (Å²) < 4.78 is 34.9. The Balaban J connectivity index is 0.000000270. The lowest BCUT2D eigenvalue weighted by molar-refractivity contribution is -0.659. The summed E-state index contributed by atoms with van der Waals surface area (Å²) in [4.78, 5) is 44.6. The molecule has 15 heteroatoms. The summed E-state index contributed by atoms with van der Waals surface area (Å²) >= 11 is 0. The highest BCUT2D eigenvalue weighted by Gasteiger charge is 2.28. The molecule has 0 saturated carbocycles. The summed E-state index contributed by atoms with van der Waals surface area (Å²) in [6, 6.07) is 15.2. The molecular weight excluding hydrogens is 505 g/mol. The van der Waals surface area contributed by atoms with Crippen molar-refractivity contribution in [3.05, 3.63) is 61.2 Å². The zero-order chi connectivity index (χ0) is 28.2. The summed E-state index contributed by atoms with van der Waals surface area (Å²) in [5.74, 6) is -5.77. The van der Waals surface area contributed by atoms with Gasteiger partial charge in [-0.3, -0.25) is 0 Å². The van der Waals surface area contributed by atoms with Gasteiger partial charge in [0.2, 0.25) is 12.7 Å². The Morgan fingerprint density at radius 1 is 0.784 bits per heavy atom. The molecule has 0 aliphatic heterocycles. The van der Waals surface area contributed by atoms with Gasteiger partial charge in [0.15, 0.2) is 35.2 Å². The lowest BCUT2D eigenvalue weighted by Gasteiger charge is -2.03. The standard InChI is InChI=1S/2C9H8N2O2.C2HF3O2.C2H4O2/c2*12-9(13)5-11-6-10-7-3-1-2-4-8(7)11;3-2(4,5)1(6)7;1-2(3)4/h2*1-4,6H,5H2,(H,12,13);(H,6,7);1H3,(H,3,4). The van der Waals surface area contributed by atoms with Crippen LogP contribution in [-0.4, -0.2) is 50.2 Å². The Labute approximate surface area is 205 Å². The van der Waals surface area contributed by atoms with Crippen molar-refractivity contribution in [1.82, 2.24) is 9.97 Å². The quantitative estimate of drug-likeness (QED) is 0.247. The van der Waals surface area contributed by atoms with E-state index in [2.05, 4.69) is 9.97 Å². The van der Waals surface area contributed by atoms with Gasteiger partial charge in [-0.25, -0.2) is 28.7 Å². The van der Waals surface area contributed by atoms with Gasteiger partial charge in [0, 0.05) is 5.97 Å². The third kappa shape index (κ3) is 10.9. The van der Waals surface area contributed by atoms with Crippen LogP contribution in [0.25, 0.3) is 22.1 Å². The lowest BCUT2D eigenvalue weighted by atomic mass is 10.3. The van der Waals surface area contributed by atoms with Crippen LogP contribution in [0.1, 0.15) is 6.92 Å². The number of fused-ring (bicyclic) bond motifs is 2. The van der Waals surface area contributed by atoms with Crippen molar-refractivity contribution in [2.24, 2.45) is 0 Å². The number of hydrogen-bond acceptors (Lipinski definition) is 6. The van der Waals surface area contributed by atoms with Crippen LogP contribution < -0.4 is 19.3 Å². The van der Waals surface area contributed by atoms with E-state index < -0.39 is 30.1 Å². The average molecular weight is 526 g/mol. The zero-order valence-electron chi connectivity index (χ0n) is 19.1. The van der Waals surface area contributed by atoms with Crippen molar-refractivity contribution in [3.8, 4) is 0 Å². The van der Waals surface area contributed by atoms with Gasteiger partial charge in [-0.1, -0.05) is 24.3 Å². The molecule has 4 aromatic rings. The van der Waals surface area contributed by atoms with E-state index in [0.29, 0.717) is 0 Å². The molecule has 0 saturated heterocycles. The first-order valence-corrected chi connectivity index (χ1v) is 10.0. The SMILES string of the molecule is CC(=O)[O-].O=C(O)C[n+]1c[nH]c2ccccc21.O=C(O)C[n+]1c[nH]c2ccccc21.O=C([O-])C(F)(F)F. The molecule has 0 fully saturated rings. The third-order valence-corrected chi connectivity index (χ3v) is 4.02. The smallest absolute Gasteiger partial charge is 0.430 e. The molecule has 2 aromatic carbocycles. The van der Waals surface area contributed by atoms with Gasteiger partial charge in [-0.15, -0.1) is 0 Å². The molecule has 2 aromatic heterocycles. The molecule has 0 aliphatic rings. The number of hydrogen-bond donors (Lipinski definition) is 4. The number of nitrogens with one attached hydrogen (secondary N) is 2. The number of carbonyl (C=O) groups is 4. The molecule has 4 rings (SSSR count). The first kappa shape index (κ1) is 30.1. The number of aromatic amines is 2. The van der Waals surface area contributed by atoms with Crippen LogP contribution in [0.5, 0.6) is 0 Å². The van der Waals surface area contributed by atoms with E-state index in [-0.39, 0.29) is 13.1 Å². The van der Waals surface area contributed by atoms with Crippen LogP contribution in [0.15, 0.2) is 61.2 Å². The molecule has 37 heavy (non-hydrogen) atoms. The minimum Gasteiger partial charge on any atom is -0.550 e.